The molecular formula is C22H27N3O2. The third kappa shape index (κ3) is 5.33. The van der Waals surface area contributed by atoms with Crippen LogP contribution in [0.5, 0.6) is 0 Å². The fraction of sp³-hybridized carbons (Fsp3) is 0.364. The Bertz CT molecular complexity index is 793. The zero-order valence-electron chi connectivity index (χ0n) is 16.0. The highest BCUT2D eigenvalue weighted by Gasteiger charge is 2.15. The summed E-state index contributed by atoms with van der Waals surface area (Å²) in [5.74, 6) is 0.647. The molecule has 0 radical (unpaired) electrons. The summed E-state index contributed by atoms with van der Waals surface area (Å²) in [6, 6.07) is 15.2. The number of piperidine rings is 1. The van der Waals surface area contributed by atoms with Crippen LogP contribution in [0.1, 0.15) is 37.0 Å². The highest BCUT2D eigenvalue weighted by atomic mass is 16.2. The van der Waals surface area contributed by atoms with Crippen molar-refractivity contribution in [2.45, 2.75) is 26.7 Å². The lowest BCUT2D eigenvalue weighted by Crippen LogP contribution is -2.32. The molecule has 0 unspecified atom stereocenters. The number of nitrogens with zero attached hydrogens (tertiary/aromatic N) is 1. The average molecular weight is 365 g/mol. The van der Waals surface area contributed by atoms with Gasteiger partial charge in [-0.25, -0.2) is 0 Å². The Balaban J connectivity index is 1.50. The molecule has 5 heteroatoms. The van der Waals surface area contributed by atoms with E-state index in [9.17, 15) is 9.59 Å². The van der Waals surface area contributed by atoms with E-state index in [0.29, 0.717) is 11.3 Å². The largest absolute Gasteiger partial charge is 0.376 e. The molecule has 0 saturated carbocycles. The van der Waals surface area contributed by atoms with E-state index in [1.165, 1.54) is 25.5 Å². The Hall–Kier alpha value is -2.82. The van der Waals surface area contributed by atoms with E-state index >= 15 is 0 Å². The molecule has 1 saturated heterocycles. The maximum absolute atomic E-state index is 12.1. The van der Waals surface area contributed by atoms with Gasteiger partial charge in [0.2, 0.25) is 5.91 Å². The molecule has 3 rings (SSSR count). The summed E-state index contributed by atoms with van der Waals surface area (Å²) in [5, 5.41) is 5.95. The molecule has 0 aliphatic carbocycles. The quantitative estimate of drug-likeness (QED) is 0.754. The van der Waals surface area contributed by atoms with Crippen LogP contribution in [0.4, 0.5) is 17.1 Å². The number of rotatable bonds is 6. The molecule has 0 bridgehead atoms. The minimum absolute atomic E-state index is 0.0209. The number of nitrogens with one attached hydrogen (secondary N) is 2. The molecule has 27 heavy (non-hydrogen) atoms. The number of Topliss-reactive ketones (excluding diaryl/α,β-unsaturated/α-hetero) is 1. The standard InChI is InChI=1S/C22H27N3O2/c1-16-10-12-25(13-11-16)21-8-6-19(7-9-21)23-15-22(27)24-20-5-3-4-18(14-20)17(2)26/h3-9,14,16,23H,10-13,15H2,1-2H3,(H,24,27). The summed E-state index contributed by atoms with van der Waals surface area (Å²) in [7, 11) is 0. The lowest BCUT2D eigenvalue weighted by atomic mass is 9.99. The van der Waals surface area contributed by atoms with E-state index in [-0.39, 0.29) is 18.2 Å². The second-order valence-corrected chi connectivity index (χ2v) is 7.26. The zero-order valence-corrected chi connectivity index (χ0v) is 16.0. The molecule has 0 atom stereocenters. The normalized spacial score (nSPS) is 14.7. The molecule has 2 aromatic carbocycles. The zero-order chi connectivity index (χ0) is 19.2. The molecule has 142 valence electrons. The van der Waals surface area contributed by atoms with Gasteiger partial charge in [0, 0.05) is 35.7 Å². The van der Waals surface area contributed by atoms with Crippen molar-refractivity contribution in [3.63, 3.8) is 0 Å². The minimum atomic E-state index is -0.148. The molecule has 5 nitrogen and oxygen atoms in total. The second kappa shape index (κ2) is 8.71. The van der Waals surface area contributed by atoms with Crippen molar-refractivity contribution in [1.82, 2.24) is 0 Å². The average Bonchev–Trinajstić information content (AvgIpc) is 2.68. The van der Waals surface area contributed by atoms with Gasteiger partial charge in [-0.05, 0) is 62.1 Å². The van der Waals surface area contributed by atoms with Crippen LogP contribution in [0.3, 0.4) is 0 Å². The predicted molar refractivity (Wildman–Crippen MR) is 111 cm³/mol. The van der Waals surface area contributed by atoms with Gasteiger partial charge in [0.1, 0.15) is 0 Å². The fourth-order valence-electron chi connectivity index (χ4n) is 3.26. The fourth-order valence-corrected chi connectivity index (χ4v) is 3.26. The summed E-state index contributed by atoms with van der Waals surface area (Å²) >= 11 is 0. The smallest absolute Gasteiger partial charge is 0.243 e. The van der Waals surface area contributed by atoms with Crippen molar-refractivity contribution in [3.8, 4) is 0 Å². The third-order valence-electron chi connectivity index (χ3n) is 5.02. The maximum atomic E-state index is 12.1. The maximum Gasteiger partial charge on any atom is 0.243 e. The summed E-state index contributed by atoms with van der Waals surface area (Å²) in [5.41, 5.74) is 3.36. The molecule has 2 aromatic rings. The second-order valence-electron chi connectivity index (χ2n) is 7.26. The molecule has 1 aliphatic rings. The van der Waals surface area contributed by atoms with Gasteiger partial charge in [-0.3, -0.25) is 9.59 Å². The van der Waals surface area contributed by atoms with Crippen LogP contribution in [0.25, 0.3) is 0 Å². The first kappa shape index (κ1) is 19.0. The first-order chi connectivity index (χ1) is 13.0. The number of amides is 1. The third-order valence-corrected chi connectivity index (χ3v) is 5.02. The van der Waals surface area contributed by atoms with E-state index in [1.54, 1.807) is 24.3 Å². The Morgan fingerprint density at radius 1 is 1.04 bits per heavy atom. The van der Waals surface area contributed by atoms with E-state index in [0.717, 1.165) is 24.7 Å². The van der Waals surface area contributed by atoms with Crippen molar-refractivity contribution in [3.05, 3.63) is 54.1 Å². The number of hydrogen-bond acceptors (Lipinski definition) is 4. The van der Waals surface area contributed by atoms with Crippen LogP contribution in [0.2, 0.25) is 0 Å². The number of anilines is 3. The van der Waals surface area contributed by atoms with Crippen LogP contribution >= 0.6 is 0 Å². The van der Waals surface area contributed by atoms with E-state index in [2.05, 4.69) is 34.6 Å². The first-order valence-electron chi connectivity index (χ1n) is 9.51. The highest BCUT2D eigenvalue weighted by molar-refractivity contribution is 5.98. The van der Waals surface area contributed by atoms with Gasteiger partial charge < -0.3 is 15.5 Å². The van der Waals surface area contributed by atoms with E-state index in [1.807, 2.05) is 12.1 Å². The monoisotopic (exact) mass is 365 g/mol. The van der Waals surface area contributed by atoms with Gasteiger partial charge >= 0.3 is 0 Å². The number of hydrogen-bond donors (Lipinski definition) is 2. The van der Waals surface area contributed by atoms with Crippen molar-refractivity contribution >= 4 is 28.8 Å². The van der Waals surface area contributed by atoms with Crippen molar-refractivity contribution < 1.29 is 9.59 Å². The molecule has 0 spiro atoms. The Labute approximate surface area is 160 Å². The molecule has 1 amide bonds. The van der Waals surface area contributed by atoms with Crippen LogP contribution < -0.4 is 15.5 Å². The predicted octanol–water partition coefficient (Wildman–Crippen LogP) is 4.18. The van der Waals surface area contributed by atoms with Gasteiger partial charge in [-0.15, -0.1) is 0 Å². The SMILES string of the molecule is CC(=O)c1cccc(NC(=O)CNc2ccc(N3CCC(C)CC3)cc2)c1. The van der Waals surface area contributed by atoms with Gasteiger partial charge in [0.15, 0.2) is 5.78 Å². The number of ketones is 1. The van der Waals surface area contributed by atoms with E-state index < -0.39 is 0 Å². The Morgan fingerprint density at radius 3 is 2.41 bits per heavy atom. The molecule has 1 fully saturated rings. The van der Waals surface area contributed by atoms with Gasteiger partial charge in [0.05, 0.1) is 6.54 Å². The van der Waals surface area contributed by atoms with Crippen molar-refractivity contribution in [2.75, 3.05) is 35.2 Å². The Kier molecular flexibility index (Phi) is 6.12. The van der Waals surface area contributed by atoms with Crippen LogP contribution in [-0.4, -0.2) is 31.3 Å². The molecule has 2 N–H and O–H groups in total. The van der Waals surface area contributed by atoms with Crippen molar-refractivity contribution in [2.24, 2.45) is 5.92 Å². The summed E-state index contributed by atoms with van der Waals surface area (Å²) in [6.07, 6.45) is 2.48. The minimum Gasteiger partial charge on any atom is -0.376 e. The molecule has 1 aliphatic heterocycles. The number of benzene rings is 2. The summed E-state index contributed by atoms with van der Waals surface area (Å²) < 4.78 is 0. The van der Waals surface area contributed by atoms with Crippen molar-refractivity contribution in [1.29, 1.82) is 0 Å². The van der Waals surface area contributed by atoms with Crippen LogP contribution in [0.15, 0.2) is 48.5 Å². The van der Waals surface area contributed by atoms with Gasteiger partial charge in [-0.1, -0.05) is 19.1 Å². The topological polar surface area (TPSA) is 61.4 Å². The number of carbonyl (C=O) groups is 2. The van der Waals surface area contributed by atoms with E-state index in [4.69, 9.17) is 0 Å². The van der Waals surface area contributed by atoms with Gasteiger partial charge in [-0.2, -0.15) is 0 Å². The Morgan fingerprint density at radius 2 is 1.74 bits per heavy atom. The first-order valence-corrected chi connectivity index (χ1v) is 9.51. The van der Waals surface area contributed by atoms with Crippen LogP contribution in [0, 0.1) is 5.92 Å². The summed E-state index contributed by atoms with van der Waals surface area (Å²) in [4.78, 5) is 26.0. The van der Waals surface area contributed by atoms with Gasteiger partial charge in [0.25, 0.3) is 0 Å². The van der Waals surface area contributed by atoms with Crippen LogP contribution in [-0.2, 0) is 4.79 Å². The lowest BCUT2D eigenvalue weighted by molar-refractivity contribution is -0.114. The molecule has 0 aromatic heterocycles. The molecule has 1 heterocycles. The highest BCUT2D eigenvalue weighted by Crippen LogP contribution is 2.24. The summed E-state index contributed by atoms with van der Waals surface area (Å²) in [6.45, 7) is 6.21. The lowest BCUT2D eigenvalue weighted by Gasteiger charge is -2.32. The number of carbonyl (C=O) groups excluding carboxylic acids is 2. The molecular weight excluding hydrogens is 338 g/mol.